The van der Waals surface area contributed by atoms with Crippen molar-refractivity contribution in [2.75, 3.05) is 6.54 Å². The van der Waals surface area contributed by atoms with Crippen LogP contribution in [-0.4, -0.2) is 35.8 Å². The van der Waals surface area contributed by atoms with E-state index in [9.17, 15) is 18.3 Å². The number of nitrogens with one attached hydrogen (secondary N) is 1. The van der Waals surface area contributed by atoms with E-state index >= 15 is 0 Å². The molecule has 2 aromatic rings. The van der Waals surface area contributed by atoms with Crippen molar-refractivity contribution >= 4 is 16.0 Å². The topological polar surface area (TPSA) is 101 Å². The van der Waals surface area contributed by atoms with Gasteiger partial charge < -0.3 is 5.11 Å². The Balaban J connectivity index is 2.17. The van der Waals surface area contributed by atoms with Gasteiger partial charge in [0, 0.05) is 13.6 Å². The number of rotatable bonds is 6. The molecule has 8 heteroatoms. The van der Waals surface area contributed by atoms with Crippen LogP contribution in [0.25, 0.3) is 0 Å². The predicted octanol–water partition coefficient (Wildman–Crippen LogP) is 0.567. The highest BCUT2D eigenvalue weighted by Crippen LogP contribution is 2.16. The van der Waals surface area contributed by atoms with Crippen molar-refractivity contribution in [3.8, 4) is 0 Å². The summed E-state index contributed by atoms with van der Waals surface area (Å²) in [7, 11) is -2.30. The molecule has 1 unspecified atom stereocenters. The lowest BCUT2D eigenvalue weighted by Gasteiger charge is -2.14. The van der Waals surface area contributed by atoms with Gasteiger partial charge in [0.2, 0.25) is 0 Å². The van der Waals surface area contributed by atoms with Gasteiger partial charge >= 0.3 is 5.97 Å². The number of nitrogens with zero attached hydrogens (tertiary/aromatic N) is 2. The van der Waals surface area contributed by atoms with Gasteiger partial charge in [0.25, 0.3) is 10.0 Å². The minimum absolute atomic E-state index is 0.0142. The van der Waals surface area contributed by atoms with E-state index in [1.807, 2.05) is 0 Å². The van der Waals surface area contributed by atoms with Crippen LogP contribution in [0, 0.1) is 0 Å². The van der Waals surface area contributed by atoms with Crippen molar-refractivity contribution in [2.45, 2.75) is 10.9 Å². The lowest BCUT2D eigenvalue weighted by atomic mass is 10.00. The first-order valence-electron chi connectivity index (χ1n) is 6.17. The molecule has 0 aliphatic carbocycles. The summed E-state index contributed by atoms with van der Waals surface area (Å²) in [4.78, 5) is 11.3. The Morgan fingerprint density at radius 1 is 1.33 bits per heavy atom. The minimum atomic E-state index is -3.80. The molecule has 0 bridgehead atoms. The molecule has 0 amide bonds. The monoisotopic (exact) mass is 309 g/mol. The first-order valence-corrected chi connectivity index (χ1v) is 7.65. The second-order valence-corrected chi connectivity index (χ2v) is 6.16. The Bertz CT molecular complexity index is 725. The zero-order chi connectivity index (χ0) is 15.5. The second-order valence-electron chi connectivity index (χ2n) is 4.45. The summed E-state index contributed by atoms with van der Waals surface area (Å²) in [6.45, 7) is -0.229. The average Bonchev–Trinajstić information content (AvgIpc) is 2.87. The largest absolute Gasteiger partial charge is 0.481 e. The van der Waals surface area contributed by atoms with Gasteiger partial charge in [-0.2, -0.15) is 5.10 Å². The summed E-state index contributed by atoms with van der Waals surface area (Å²) in [5, 5.41) is 13.0. The van der Waals surface area contributed by atoms with E-state index in [0.29, 0.717) is 5.56 Å². The molecule has 21 heavy (non-hydrogen) atoms. The van der Waals surface area contributed by atoms with Gasteiger partial charge in [-0.1, -0.05) is 30.3 Å². The third-order valence-corrected chi connectivity index (χ3v) is 4.53. The van der Waals surface area contributed by atoms with Crippen LogP contribution in [0.2, 0.25) is 0 Å². The highest BCUT2D eigenvalue weighted by molar-refractivity contribution is 7.89. The van der Waals surface area contributed by atoms with E-state index in [1.54, 1.807) is 30.3 Å². The molecule has 0 saturated carbocycles. The Morgan fingerprint density at radius 3 is 2.52 bits per heavy atom. The first kappa shape index (κ1) is 15.2. The maximum absolute atomic E-state index is 12.1. The average molecular weight is 309 g/mol. The van der Waals surface area contributed by atoms with Gasteiger partial charge in [0.15, 0.2) is 5.03 Å². The summed E-state index contributed by atoms with van der Waals surface area (Å²) in [6, 6.07) is 9.83. The maximum Gasteiger partial charge on any atom is 0.312 e. The van der Waals surface area contributed by atoms with Crippen molar-refractivity contribution in [3.05, 3.63) is 48.2 Å². The molecule has 112 valence electrons. The molecule has 0 aliphatic heterocycles. The number of carbonyl (C=O) groups is 1. The number of aliphatic carboxylic acids is 1. The molecule has 2 rings (SSSR count). The van der Waals surface area contributed by atoms with Gasteiger partial charge in [-0.05, 0) is 11.6 Å². The first-order chi connectivity index (χ1) is 9.92. The third kappa shape index (κ3) is 3.47. The SMILES string of the molecule is Cn1nccc1S(=O)(=O)NCC(C(=O)O)c1ccccc1. The Morgan fingerprint density at radius 2 is 2.00 bits per heavy atom. The van der Waals surface area contributed by atoms with Crippen LogP contribution >= 0.6 is 0 Å². The number of aryl methyl sites for hydroxylation is 1. The minimum Gasteiger partial charge on any atom is -0.481 e. The number of aromatic nitrogens is 2. The molecule has 2 N–H and O–H groups in total. The molecular formula is C13H15N3O4S. The molecular weight excluding hydrogens is 294 g/mol. The summed E-state index contributed by atoms with van der Waals surface area (Å²) < 4.78 is 27.7. The molecule has 0 aliphatic rings. The highest BCUT2D eigenvalue weighted by atomic mass is 32.2. The number of carboxylic acid groups (broad SMARTS) is 1. The van der Waals surface area contributed by atoms with Crippen molar-refractivity contribution < 1.29 is 18.3 Å². The predicted molar refractivity (Wildman–Crippen MR) is 75.2 cm³/mol. The summed E-state index contributed by atoms with van der Waals surface area (Å²) in [5.74, 6) is -2.04. The van der Waals surface area contributed by atoms with Gasteiger partial charge in [-0.15, -0.1) is 0 Å². The lowest BCUT2D eigenvalue weighted by Crippen LogP contribution is -2.32. The number of hydrogen-bond acceptors (Lipinski definition) is 4. The Kier molecular flexibility index (Phi) is 4.39. The van der Waals surface area contributed by atoms with E-state index < -0.39 is 21.9 Å². The van der Waals surface area contributed by atoms with Crippen molar-refractivity contribution in [3.63, 3.8) is 0 Å². The number of carboxylic acids is 1. The summed E-state index contributed by atoms with van der Waals surface area (Å²) in [6.07, 6.45) is 1.36. The number of sulfonamides is 1. The van der Waals surface area contributed by atoms with E-state index in [2.05, 4.69) is 9.82 Å². The fourth-order valence-electron chi connectivity index (χ4n) is 1.93. The molecule has 1 aromatic heterocycles. The number of hydrogen-bond donors (Lipinski definition) is 2. The Labute approximate surface area is 122 Å². The van der Waals surface area contributed by atoms with Crippen LogP contribution < -0.4 is 4.72 Å². The van der Waals surface area contributed by atoms with Gasteiger partial charge in [-0.3, -0.25) is 9.48 Å². The zero-order valence-electron chi connectivity index (χ0n) is 11.3. The van der Waals surface area contributed by atoms with E-state index in [4.69, 9.17) is 0 Å². The molecule has 1 heterocycles. The van der Waals surface area contributed by atoms with Crippen LogP contribution in [0.1, 0.15) is 11.5 Å². The molecule has 7 nitrogen and oxygen atoms in total. The van der Waals surface area contributed by atoms with Crippen molar-refractivity contribution in [1.82, 2.24) is 14.5 Å². The van der Waals surface area contributed by atoms with Crippen molar-refractivity contribution in [1.29, 1.82) is 0 Å². The fourth-order valence-corrected chi connectivity index (χ4v) is 3.09. The van der Waals surface area contributed by atoms with Crippen LogP contribution in [0.4, 0.5) is 0 Å². The summed E-state index contributed by atoms with van der Waals surface area (Å²) >= 11 is 0. The van der Waals surface area contributed by atoms with E-state index in [-0.39, 0.29) is 11.6 Å². The van der Waals surface area contributed by atoms with E-state index in [1.165, 1.54) is 24.0 Å². The molecule has 0 radical (unpaired) electrons. The molecule has 1 aromatic carbocycles. The van der Waals surface area contributed by atoms with Gasteiger partial charge in [0.05, 0.1) is 12.1 Å². The second kappa shape index (κ2) is 6.06. The van der Waals surface area contributed by atoms with E-state index in [0.717, 1.165) is 0 Å². The van der Waals surface area contributed by atoms with Crippen LogP contribution in [0.5, 0.6) is 0 Å². The third-order valence-electron chi connectivity index (χ3n) is 3.03. The lowest BCUT2D eigenvalue weighted by molar-refractivity contribution is -0.138. The fraction of sp³-hybridized carbons (Fsp3) is 0.231. The quantitative estimate of drug-likeness (QED) is 0.812. The Hall–Kier alpha value is -2.19. The molecule has 0 spiro atoms. The maximum atomic E-state index is 12.1. The number of benzene rings is 1. The molecule has 0 saturated heterocycles. The summed E-state index contributed by atoms with van der Waals surface area (Å²) in [5.41, 5.74) is 0.540. The standard InChI is InChI=1S/C13H15N3O4S/c1-16-12(7-8-14-16)21(19,20)15-9-11(13(17)18)10-5-3-2-4-6-10/h2-8,11,15H,9H2,1H3,(H,17,18). The van der Waals surface area contributed by atoms with Crippen LogP contribution in [0.15, 0.2) is 47.6 Å². The van der Waals surface area contributed by atoms with Gasteiger partial charge in [0.1, 0.15) is 0 Å². The van der Waals surface area contributed by atoms with Crippen LogP contribution in [0.3, 0.4) is 0 Å². The van der Waals surface area contributed by atoms with Crippen molar-refractivity contribution in [2.24, 2.45) is 7.05 Å². The molecule has 1 atom stereocenters. The smallest absolute Gasteiger partial charge is 0.312 e. The zero-order valence-corrected chi connectivity index (χ0v) is 12.1. The molecule has 0 fully saturated rings. The van der Waals surface area contributed by atoms with Crippen LogP contribution in [-0.2, 0) is 21.9 Å². The highest BCUT2D eigenvalue weighted by Gasteiger charge is 2.24. The van der Waals surface area contributed by atoms with Gasteiger partial charge in [-0.25, -0.2) is 13.1 Å². The normalized spacial score (nSPS) is 13.0.